The van der Waals surface area contributed by atoms with E-state index >= 15 is 0 Å². The minimum absolute atomic E-state index is 0.669. The van der Waals surface area contributed by atoms with Gasteiger partial charge in [0.05, 0.1) is 26.6 Å². The third-order valence-electron chi connectivity index (χ3n) is 4.94. The van der Waals surface area contributed by atoms with Gasteiger partial charge in [0.25, 0.3) is 0 Å². The number of H-pyrrole nitrogens is 2. The average molecular weight is 429 g/mol. The summed E-state index contributed by atoms with van der Waals surface area (Å²) in [5, 5.41) is 7.54. The summed E-state index contributed by atoms with van der Waals surface area (Å²) in [6.45, 7) is 0. The second kappa shape index (κ2) is 6.76. The number of nitrogens with one attached hydrogen (secondary N) is 2. The van der Waals surface area contributed by atoms with Crippen molar-refractivity contribution in [2.75, 3.05) is 0 Å². The third-order valence-corrected chi connectivity index (χ3v) is 6.21. The predicted molar refractivity (Wildman–Crippen MR) is 121 cm³/mol. The number of para-hydroxylation sites is 1. The molecule has 6 rings (SSSR count). The lowest BCUT2D eigenvalue weighted by Gasteiger charge is -2.00. The van der Waals surface area contributed by atoms with Crippen LogP contribution >= 0.6 is 22.9 Å². The zero-order chi connectivity index (χ0) is 20.1. The molecule has 0 radical (unpaired) electrons. The highest BCUT2D eigenvalue weighted by atomic mass is 35.5. The van der Waals surface area contributed by atoms with E-state index in [0.717, 1.165) is 48.1 Å². The first-order valence-electron chi connectivity index (χ1n) is 9.26. The smallest absolute Gasteiger partial charge is 0.161 e. The highest BCUT2D eigenvalue weighted by molar-refractivity contribution is 7.19. The summed E-state index contributed by atoms with van der Waals surface area (Å²) in [7, 11) is 0. The molecule has 0 saturated carbocycles. The second-order valence-corrected chi connectivity index (χ2v) is 8.51. The number of aromatic nitrogens is 6. The molecular formula is C22H13ClN6S. The van der Waals surface area contributed by atoms with Gasteiger partial charge in [0.1, 0.15) is 5.52 Å². The zero-order valence-electron chi connectivity index (χ0n) is 15.4. The Bertz CT molecular complexity index is 1520. The third kappa shape index (κ3) is 2.79. The van der Waals surface area contributed by atoms with Gasteiger partial charge in [-0.1, -0.05) is 23.7 Å². The van der Waals surface area contributed by atoms with Crippen molar-refractivity contribution >= 4 is 45.0 Å². The fourth-order valence-electron chi connectivity index (χ4n) is 3.54. The number of nitrogens with zero attached hydrogens (tertiary/aromatic N) is 4. The lowest BCUT2D eigenvalue weighted by molar-refractivity contribution is 1.10. The summed E-state index contributed by atoms with van der Waals surface area (Å²) in [5.74, 6) is 0.669. The monoisotopic (exact) mass is 428 g/mol. The number of hydrogen-bond acceptors (Lipinski definition) is 5. The maximum Gasteiger partial charge on any atom is 0.161 e. The molecule has 5 heterocycles. The Labute approximate surface area is 179 Å². The van der Waals surface area contributed by atoms with Crippen molar-refractivity contribution in [3.8, 4) is 33.2 Å². The van der Waals surface area contributed by atoms with Crippen molar-refractivity contribution in [3.63, 3.8) is 0 Å². The maximum atomic E-state index is 6.14. The van der Waals surface area contributed by atoms with E-state index in [2.05, 4.69) is 26.2 Å². The molecule has 30 heavy (non-hydrogen) atoms. The van der Waals surface area contributed by atoms with Crippen molar-refractivity contribution < 1.29 is 0 Å². The van der Waals surface area contributed by atoms with E-state index < -0.39 is 0 Å². The van der Waals surface area contributed by atoms with Gasteiger partial charge < -0.3 is 4.98 Å². The van der Waals surface area contributed by atoms with E-state index in [4.69, 9.17) is 21.6 Å². The number of rotatable bonds is 3. The summed E-state index contributed by atoms with van der Waals surface area (Å²) in [4.78, 5) is 18.3. The molecule has 0 spiro atoms. The quantitative estimate of drug-likeness (QED) is 0.365. The molecule has 0 aliphatic heterocycles. The Morgan fingerprint density at radius 1 is 0.867 bits per heavy atom. The molecule has 0 amide bonds. The van der Waals surface area contributed by atoms with Gasteiger partial charge in [-0.3, -0.25) is 10.1 Å². The average Bonchev–Trinajstić information content (AvgIpc) is 3.51. The number of pyridine rings is 2. The second-order valence-electron chi connectivity index (χ2n) is 6.80. The van der Waals surface area contributed by atoms with Gasteiger partial charge in [-0.15, -0.1) is 11.3 Å². The van der Waals surface area contributed by atoms with Crippen molar-refractivity contribution in [1.82, 2.24) is 30.1 Å². The van der Waals surface area contributed by atoms with Gasteiger partial charge in [0.15, 0.2) is 11.5 Å². The number of imidazole rings is 1. The fourth-order valence-corrected chi connectivity index (χ4v) is 4.61. The maximum absolute atomic E-state index is 6.14. The molecule has 0 aliphatic rings. The number of halogens is 1. The molecule has 6 aromatic rings. The van der Waals surface area contributed by atoms with Crippen molar-refractivity contribution in [3.05, 3.63) is 71.3 Å². The largest absolute Gasteiger partial charge is 0.336 e. The van der Waals surface area contributed by atoms with Crippen LogP contribution in [0, 0.1) is 0 Å². The Morgan fingerprint density at radius 3 is 2.67 bits per heavy atom. The Kier molecular flexibility index (Phi) is 3.90. The number of aromatic amines is 2. The first-order chi connectivity index (χ1) is 14.8. The van der Waals surface area contributed by atoms with Gasteiger partial charge >= 0.3 is 0 Å². The Hall–Kier alpha value is -3.55. The van der Waals surface area contributed by atoms with Gasteiger partial charge in [0, 0.05) is 28.4 Å². The molecule has 6 nitrogen and oxygen atoms in total. The highest BCUT2D eigenvalue weighted by Gasteiger charge is 2.17. The Morgan fingerprint density at radius 2 is 1.83 bits per heavy atom. The molecule has 144 valence electrons. The molecule has 5 aromatic heterocycles. The Balaban J connectivity index is 1.52. The lowest BCUT2D eigenvalue weighted by Crippen LogP contribution is -1.87. The summed E-state index contributed by atoms with van der Waals surface area (Å²) in [6.07, 6.45) is 3.55. The number of hydrogen-bond donors (Lipinski definition) is 2. The fraction of sp³-hybridized carbons (Fsp3) is 0. The molecular weight excluding hydrogens is 416 g/mol. The summed E-state index contributed by atoms with van der Waals surface area (Å²) in [6, 6.07) is 17.8. The van der Waals surface area contributed by atoms with E-state index in [0.29, 0.717) is 11.5 Å². The van der Waals surface area contributed by atoms with Crippen molar-refractivity contribution in [2.45, 2.75) is 0 Å². The first-order valence-corrected chi connectivity index (χ1v) is 10.5. The van der Waals surface area contributed by atoms with Gasteiger partial charge in [-0.25, -0.2) is 9.97 Å². The number of benzene rings is 1. The van der Waals surface area contributed by atoms with E-state index in [1.807, 2.05) is 48.5 Å². The van der Waals surface area contributed by atoms with E-state index in [1.54, 1.807) is 12.4 Å². The minimum atomic E-state index is 0.669. The van der Waals surface area contributed by atoms with Gasteiger partial charge in [0.2, 0.25) is 0 Å². The topological polar surface area (TPSA) is 83.1 Å². The van der Waals surface area contributed by atoms with Crippen LogP contribution in [0.3, 0.4) is 0 Å². The number of thiophene rings is 1. The molecule has 0 bridgehead atoms. The van der Waals surface area contributed by atoms with Crippen LogP contribution in [0.2, 0.25) is 4.34 Å². The van der Waals surface area contributed by atoms with Gasteiger partial charge in [-0.2, -0.15) is 5.10 Å². The molecule has 0 fully saturated rings. The summed E-state index contributed by atoms with van der Waals surface area (Å²) >= 11 is 7.68. The standard InChI is InChI=1S/C22H13ClN6S/c23-18-9-8-17(30-18)13-4-1-5-15-19(13)27-22(26-15)21-20-16(28-29-21)7-6-14(25-20)12-3-2-10-24-11-12/h1-11H,(H,26,27)(H,28,29). The van der Waals surface area contributed by atoms with Gasteiger partial charge in [-0.05, 0) is 42.5 Å². The normalized spacial score (nSPS) is 11.5. The minimum Gasteiger partial charge on any atom is -0.336 e. The molecule has 0 unspecified atom stereocenters. The SMILES string of the molecule is Clc1ccc(-c2cccc3[nH]c(-c4n[nH]c5ccc(-c6cccnc6)nc45)nc23)s1. The molecule has 0 atom stereocenters. The van der Waals surface area contributed by atoms with Crippen molar-refractivity contribution in [1.29, 1.82) is 0 Å². The number of fused-ring (bicyclic) bond motifs is 2. The van der Waals surface area contributed by atoms with Crippen LogP contribution in [0.25, 0.3) is 55.3 Å². The van der Waals surface area contributed by atoms with Crippen LogP contribution in [0.1, 0.15) is 0 Å². The van der Waals surface area contributed by atoms with Crippen LogP contribution < -0.4 is 0 Å². The summed E-state index contributed by atoms with van der Waals surface area (Å²) in [5.41, 5.74) is 6.94. The molecule has 0 aliphatic carbocycles. The van der Waals surface area contributed by atoms with E-state index in [9.17, 15) is 0 Å². The van der Waals surface area contributed by atoms with Crippen molar-refractivity contribution in [2.24, 2.45) is 0 Å². The summed E-state index contributed by atoms with van der Waals surface area (Å²) < 4.78 is 0.753. The van der Waals surface area contributed by atoms with Crippen LogP contribution in [0.5, 0.6) is 0 Å². The molecule has 1 aromatic carbocycles. The van der Waals surface area contributed by atoms with E-state index in [-0.39, 0.29) is 0 Å². The molecule has 2 N–H and O–H groups in total. The molecule has 8 heteroatoms. The first kappa shape index (κ1) is 17.3. The zero-order valence-corrected chi connectivity index (χ0v) is 17.0. The lowest BCUT2D eigenvalue weighted by atomic mass is 10.1. The van der Waals surface area contributed by atoms with Crippen LogP contribution in [-0.2, 0) is 0 Å². The predicted octanol–water partition coefficient (Wildman–Crippen LogP) is 5.95. The van der Waals surface area contributed by atoms with Crippen LogP contribution in [0.4, 0.5) is 0 Å². The highest BCUT2D eigenvalue weighted by Crippen LogP contribution is 2.36. The van der Waals surface area contributed by atoms with Crippen LogP contribution in [0.15, 0.2) is 67.0 Å². The molecule has 0 saturated heterocycles. The van der Waals surface area contributed by atoms with Crippen LogP contribution in [-0.4, -0.2) is 30.1 Å². The van der Waals surface area contributed by atoms with E-state index in [1.165, 1.54) is 11.3 Å².